The van der Waals surface area contributed by atoms with Crippen LogP contribution in [-0.2, 0) is 11.3 Å². The van der Waals surface area contributed by atoms with Crippen molar-refractivity contribution in [1.29, 1.82) is 0 Å². The second-order valence-electron chi connectivity index (χ2n) is 3.71. The molecule has 18 heavy (non-hydrogen) atoms. The number of nitrogens with one attached hydrogen (secondary N) is 1. The fourth-order valence-electron chi connectivity index (χ4n) is 1.31. The number of benzene rings is 1. The molecule has 1 aromatic carbocycles. The van der Waals surface area contributed by atoms with Gasteiger partial charge in [0.15, 0.2) is 0 Å². The normalized spacial score (nSPS) is 10.6. The van der Waals surface area contributed by atoms with Gasteiger partial charge in [0.2, 0.25) is 5.91 Å². The minimum atomic E-state index is 0.0697. The summed E-state index contributed by atoms with van der Waals surface area (Å²) in [4.78, 5) is 11.5. The van der Waals surface area contributed by atoms with Crippen molar-refractivity contribution < 1.29 is 9.53 Å². The van der Waals surface area contributed by atoms with E-state index in [4.69, 9.17) is 4.74 Å². The summed E-state index contributed by atoms with van der Waals surface area (Å²) in [6.07, 6.45) is 4.03. The van der Waals surface area contributed by atoms with E-state index in [1.165, 1.54) is 0 Å². The highest BCUT2D eigenvalue weighted by Crippen LogP contribution is 2.11. The molecule has 1 rings (SSSR count). The van der Waals surface area contributed by atoms with E-state index in [9.17, 15) is 4.79 Å². The van der Waals surface area contributed by atoms with Crippen LogP contribution in [0, 0.1) is 0 Å². The van der Waals surface area contributed by atoms with Crippen LogP contribution >= 0.6 is 11.8 Å². The largest absolute Gasteiger partial charge is 0.497 e. The fraction of sp³-hybridized carbons (Fsp3) is 0.357. The first-order valence-electron chi connectivity index (χ1n) is 5.84. The third-order valence-electron chi connectivity index (χ3n) is 2.33. The van der Waals surface area contributed by atoms with Gasteiger partial charge in [-0.05, 0) is 24.6 Å². The zero-order valence-electron chi connectivity index (χ0n) is 10.8. The first kappa shape index (κ1) is 14.6. The van der Waals surface area contributed by atoms with Gasteiger partial charge in [-0.25, -0.2) is 0 Å². The number of hydrogen-bond acceptors (Lipinski definition) is 3. The van der Waals surface area contributed by atoms with Gasteiger partial charge in [-0.1, -0.05) is 24.3 Å². The highest BCUT2D eigenvalue weighted by molar-refractivity contribution is 8.00. The molecule has 0 aliphatic heterocycles. The molecule has 0 aliphatic rings. The van der Waals surface area contributed by atoms with Crippen molar-refractivity contribution >= 4 is 17.7 Å². The predicted molar refractivity (Wildman–Crippen MR) is 77.0 cm³/mol. The van der Waals surface area contributed by atoms with E-state index in [2.05, 4.69) is 5.32 Å². The molecule has 0 heterocycles. The minimum absolute atomic E-state index is 0.0697. The third-order valence-corrected chi connectivity index (χ3v) is 3.23. The van der Waals surface area contributed by atoms with E-state index in [0.29, 0.717) is 12.3 Å². The summed E-state index contributed by atoms with van der Waals surface area (Å²) in [5.74, 6) is 2.28. The van der Waals surface area contributed by atoms with Crippen LogP contribution in [0.3, 0.4) is 0 Å². The number of hydrogen-bond donors (Lipinski definition) is 1. The molecular formula is C14H19NO2S. The van der Waals surface area contributed by atoms with Crippen LogP contribution < -0.4 is 10.1 Å². The van der Waals surface area contributed by atoms with Gasteiger partial charge in [-0.3, -0.25) is 4.79 Å². The molecule has 3 nitrogen and oxygen atoms in total. The van der Waals surface area contributed by atoms with Crippen molar-refractivity contribution in [3.05, 3.63) is 42.0 Å². The van der Waals surface area contributed by atoms with Crippen LogP contribution in [0.2, 0.25) is 0 Å². The maximum atomic E-state index is 11.5. The van der Waals surface area contributed by atoms with Crippen molar-refractivity contribution in [3.8, 4) is 5.75 Å². The van der Waals surface area contributed by atoms with Crippen LogP contribution in [0.25, 0.3) is 0 Å². The number of methoxy groups -OCH3 is 1. The zero-order valence-corrected chi connectivity index (χ0v) is 11.6. The van der Waals surface area contributed by atoms with E-state index in [1.807, 2.05) is 43.3 Å². The van der Waals surface area contributed by atoms with E-state index < -0.39 is 0 Å². The lowest BCUT2D eigenvalue weighted by atomic mass is 10.2. The van der Waals surface area contributed by atoms with Crippen molar-refractivity contribution in [3.63, 3.8) is 0 Å². The lowest BCUT2D eigenvalue weighted by Gasteiger charge is -2.05. The van der Waals surface area contributed by atoms with Crippen molar-refractivity contribution in [2.24, 2.45) is 0 Å². The smallest absolute Gasteiger partial charge is 0.230 e. The topological polar surface area (TPSA) is 38.3 Å². The first-order valence-corrected chi connectivity index (χ1v) is 7.00. The Morgan fingerprint density at radius 3 is 2.72 bits per heavy atom. The maximum absolute atomic E-state index is 11.5. The van der Waals surface area contributed by atoms with Gasteiger partial charge < -0.3 is 10.1 Å². The molecule has 98 valence electrons. The Morgan fingerprint density at radius 2 is 2.11 bits per heavy atom. The summed E-state index contributed by atoms with van der Waals surface area (Å²) in [7, 11) is 1.64. The summed E-state index contributed by atoms with van der Waals surface area (Å²) in [6.45, 7) is 2.54. The monoisotopic (exact) mass is 265 g/mol. The van der Waals surface area contributed by atoms with E-state index >= 15 is 0 Å². The summed E-state index contributed by atoms with van der Waals surface area (Å²) in [6, 6.07) is 7.68. The van der Waals surface area contributed by atoms with E-state index in [0.717, 1.165) is 17.1 Å². The number of carbonyl (C=O) groups is 1. The molecule has 0 fully saturated rings. The van der Waals surface area contributed by atoms with E-state index in [1.54, 1.807) is 18.9 Å². The Hall–Kier alpha value is -1.42. The molecule has 1 N–H and O–H groups in total. The molecular weight excluding hydrogens is 246 g/mol. The van der Waals surface area contributed by atoms with Crippen LogP contribution in [-0.4, -0.2) is 24.5 Å². The number of carbonyl (C=O) groups excluding carboxylic acids is 1. The Kier molecular flexibility index (Phi) is 7.03. The van der Waals surface area contributed by atoms with Crippen LogP contribution in [0.15, 0.2) is 36.4 Å². The molecule has 0 bridgehead atoms. The molecule has 1 amide bonds. The lowest BCUT2D eigenvalue weighted by Crippen LogP contribution is -2.24. The number of rotatable bonds is 7. The van der Waals surface area contributed by atoms with Crippen LogP contribution in [0.5, 0.6) is 5.75 Å². The Balaban J connectivity index is 2.24. The lowest BCUT2D eigenvalue weighted by molar-refractivity contribution is -0.118. The average Bonchev–Trinajstić information content (AvgIpc) is 2.42. The third kappa shape index (κ3) is 5.77. The molecule has 0 atom stereocenters. The summed E-state index contributed by atoms with van der Waals surface area (Å²) < 4.78 is 5.07. The van der Waals surface area contributed by atoms with Crippen molar-refractivity contribution in [2.75, 3.05) is 18.6 Å². The number of thioether (sulfide) groups is 1. The Labute approximate surface area is 113 Å². The molecule has 0 radical (unpaired) electrons. The second kappa shape index (κ2) is 8.64. The molecule has 0 saturated heterocycles. The van der Waals surface area contributed by atoms with Gasteiger partial charge in [0, 0.05) is 12.3 Å². The van der Waals surface area contributed by atoms with Gasteiger partial charge in [-0.15, -0.1) is 11.8 Å². The van der Waals surface area contributed by atoms with Gasteiger partial charge in [0.05, 0.1) is 12.9 Å². The standard InChI is InChI=1S/C14H19NO2S/c1-3-4-9-18-11-14(16)15-10-12-5-7-13(17-2)8-6-12/h3-8H,9-11H2,1-2H3,(H,15,16)/b4-3+. The number of ether oxygens (including phenoxy) is 1. The summed E-state index contributed by atoms with van der Waals surface area (Å²) in [5.41, 5.74) is 1.07. The average molecular weight is 265 g/mol. The molecule has 0 saturated carbocycles. The zero-order chi connectivity index (χ0) is 13.2. The molecule has 0 aliphatic carbocycles. The van der Waals surface area contributed by atoms with E-state index in [-0.39, 0.29) is 5.91 Å². The molecule has 0 aromatic heterocycles. The first-order chi connectivity index (χ1) is 8.76. The highest BCUT2D eigenvalue weighted by atomic mass is 32.2. The molecule has 4 heteroatoms. The van der Waals surface area contributed by atoms with Crippen molar-refractivity contribution in [2.45, 2.75) is 13.5 Å². The molecule has 1 aromatic rings. The Morgan fingerprint density at radius 1 is 1.39 bits per heavy atom. The number of allylic oxidation sites excluding steroid dienone is 1. The van der Waals surface area contributed by atoms with Crippen LogP contribution in [0.1, 0.15) is 12.5 Å². The summed E-state index contributed by atoms with van der Waals surface area (Å²) >= 11 is 1.61. The Bertz CT molecular complexity index is 387. The van der Waals surface area contributed by atoms with Gasteiger partial charge in [-0.2, -0.15) is 0 Å². The maximum Gasteiger partial charge on any atom is 0.230 e. The van der Waals surface area contributed by atoms with Crippen LogP contribution in [0.4, 0.5) is 0 Å². The predicted octanol–water partition coefficient (Wildman–Crippen LogP) is 2.62. The van der Waals surface area contributed by atoms with Gasteiger partial charge in [0.1, 0.15) is 5.75 Å². The molecule has 0 spiro atoms. The van der Waals surface area contributed by atoms with Crippen molar-refractivity contribution in [1.82, 2.24) is 5.32 Å². The molecule has 0 unspecified atom stereocenters. The SMILES string of the molecule is C/C=C/CSCC(=O)NCc1ccc(OC)cc1. The van der Waals surface area contributed by atoms with Gasteiger partial charge in [0.25, 0.3) is 0 Å². The van der Waals surface area contributed by atoms with Gasteiger partial charge >= 0.3 is 0 Å². The summed E-state index contributed by atoms with van der Waals surface area (Å²) in [5, 5.41) is 2.89. The highest BCUT2D eigenvalue weighted by Gasteiger charge is 2.01. The fourth-order valence-corrected chi connectivity index (χ4v) is 2.04. The quantitative estimate of drug-likeness (QED) is 0.608. The number of amides is 1. The minimum Gasteiger partial charge on any atom is -0.497 e. The second-order valence-corrected chi connectivity index (χ2v) is 4.74.